The van der Waals surface area contributed by atoms with Gasteiger partial charge >= 0.3 is 12.1 Å². The molecule has 0 N–H and O–H groups in total. The lowest BCUT2D eigenvalue weighted by molar-refractivity contribution is -0.157. The molecule has 10 heteroatoms. The molecule has 0 aliphatic carbocycles. The second-order valence-corrected chi connectivity index (χ2v) is 6.04. The van der Waals surface area contributed by atoms with Crippen LogP contribution in [0.15, 0.2) is 22.6 Å². The molecule has 1 fully saturated rings. The van der Waals surface area contributed by atoms with Gasteiger partial charge in [-0.2, -0.15) is 13.2 Å². The smallest absolute Gasteiger partial charge is 0.417 e. The Hall–Kier alpha value is -2.16. The van der Waals surface area contributed by atoms with Crippen molar-refractivity contribution in [2.45, 2.75) is 24.9 Å². The third-order valence-electron chi connectivity index (χ3n) is 3.92. The lowest BCUT2D eigenvalue weighted by atomic mass is 9.97. The second-order valence-electron chi connectivity index (χ2n) is 5.63. The van der Waals surface area contributed by atoms with E-state index in [1.807, 2.05) is 0 Å². The fraction of sp³-hybridized carbons (Fsp3) is 0.400. The van der Waals surface area contributed by atoms with Crippen molar-refractivity contribution in [3.63, 3.8) is 0 Å². The molecule has 1 aromatic carbocycles. The van der Waals surface area contributed by atoms with Gasteiger partial charge in [-0.3, -0.25) is 4.79 Å². The highest BCUT2D eigenvalue weighted by Gasteiger charge is 2.39. The fourth-order valence-corrected chi connectivity index (χ4v) is 2.98. The Kier molecular flexibility index (Phi) is 4.68. The van der Waals surface area contributed by atoms with Crippen LogP contribution in [0.25, 0.3) is 0 Å². The van der Waals surface area contributed by atoms with E-state index in [2.05, 4.69) is 14.6 Å². The number of alkyl halides is 3. The summed E-state index contributed by atoms with van der Waals surface area (Å²) < 4.78 is 56.3. The van der Waals surface area contributed by atoms with Crippen LogP contribution in [-0.4, -0.2) is 34.1 Å². The first-order valence-corrected chi connectivity index (χ1v) is 7.79. The van der Waals surface area contributed by atoms with E-state index in [9.17, 15) is 22.4 Å². The standard InChI is InChI=1S/C15H12ClF4N3O2/c16-9-4-1-5-10(17)11(9)13(24)23-6-2-3-8(7-23)12-21-22-14(25-12)15(18,19)20/h1,4-5,8H,2-3,6-7H2. The number of likely N-dealkylation sites (tertiary alicyclic amines) is 1. The number of hydrogen-bond donors (Lipinski definition) is 0. The molecule has 3 rings (SSSR count). The second kappa shape index (κ2) is 6.62. The van der Waals surface area contributed by atoms with Gasteiger partial charge in [-0.05, 0) is 25.0 Å². The lowest BCUT2D eigenvalue weighted by Crippen LogP contribution is -2.39. The highest BCUT2D eigenvalue weighted by Crippen LogP contribution is 2.32. The number of carbonyl (C=O) groups excluding carboxylic acids is 1. The number of piperidine rings is 1. The van der Waals surface area contributed by atoms with E-state index in [1.165, 1.54) is 17.0 Å². The molecule has 0 bridgehead atoms. The van der Waals surface area contributed by atoms with E-state index in [-0.39, 0.29) is 23.0 Å². The Labute approximate surface area is 144 Å². The van der Waals surface area contributed by atoms with Gasteiger partial charge in [0.05, 0.1) is 16.5 Å². The van der Waals surface area contributed by atoms with Crippen LogP contribution in [0.3, 0.4) is 0 Å². The minimum atomic E-state index is -4.73. The topological polar surface area (TPSA) is 59.2 Å². The van der Waals surface area contributed by atoms with Crippen LogP contribution >= 0.6 is 11.6 Å². The molecule has 0 spiro atoms. The van der Waals surface area contributed by atoms with E-state index < -0.39 is 29.7 Å². The Bertz CT molecular complexity index is 773. The molecule has 1 amide bonds. The first-order valence-electron chi connectivity index (χ1n) is 7.41. The zero-order valence-electron chi connectivity index (χ0n) is 12.7. The minimum Gasteiger partial charge on any atom is -0.417 e. The Morgan fingerprint density at radius 3 is 2.72 bits per heavy atom. The van der Waals surface area contributed by atoms with Crippen molar-refractivity contribution < 1.29 is 26.8 Å². The Morgan fingerprint density at radius 2 is 2.08 bits per heavy atom. The quantitative estimate of drug-likeness (QED) is 0.745. The van der Waals surface area contributed by atoms with E-state index >= 15 is 0 Å². The molecular weight excluding hydrogens is 366 g/mol. The summed E-state index contributed by atoms with van der Waals surface area (Å²) in [6, 6.07) is 3.89. The summed E-state index contributed by atoms with van der Waals surface area (Å²) >= 11 is 5.90. The van der Waals surface area contributed by atoms with Crippen molar-refractivity contribution in [3.05, 3.63) is 46.4 Å². The maximum Gasteiger partial charge on any atom is 0.470 e. The first kappa shape index (κ1) is 17.7. The normalized spacial score (nSPS) is 18.4. The van der Waals surface area contributed by atoms with Crippen molar-refractivity contribution in [2.24, 2.45) is 0 Å². The molecule has 1 aliphatic heterocycles. The Morgan fingerprint density at radius 1 is 1.32 bits per heavy atom. The first-order chi connectivity index (χ1) is 11.8. The average molecular weight is 378 g/mol. The molecule has 0 radical (unpaired) electrons. The molecule has 0 saturated carbocycles. The zero-order valence-corrected chi connectivity index (χ0v) is 13.4. The Balaban J connectivity index is 1.79. The van der Waals surface area contributed by atoms with Gasteiger partial charge in [0.15, 0.2) is 0 Å². The SMILES string of the molecule is O=C(c1c(F)cccc1Cl)N1CCCC(c2nnc(C(F)(F)F)o2)C1. The third kappa shape index (κ3) is 3.60. The van der Waals surface area contributed by atoms with Gasteiger partial charge in [-0.15, -0.1) is 10.2 Å². The highest BCUT2D eigenvalue weighted by molar-refractivity contribution is 6.33. The molecule has 1 unspecified atom stereocenters. The summed E-state index contributed by atoms with van der Waals surface area (Å²) in [5.74, 6) is -3.54. The molecular formula is C15H12ClF4N3O2. The number of aromatic nitrogens is 2. The fourth-order valence-electron chi connectivity index (χ4n) is 2.74. The van der Waals surface area contributed by atoms with Crippen LogP contribution in [0.5, 0.6) is 0 Å². The van der Waals surface area contributed by atoms with Crippen molar-refractivity contribution in [1.29, 1.82) is 0 Å². The maximum absolute atomic E-state index is 13.9. The monoisotopic (exact) mass is 377 g/mol. The number of carbonyl (C=O) groups is 1. The molecule has 2 heterocycles. The largest absolute Gasteiger partial charge is 0.470 e. The van der Waals surface area contributed by atoms with E-state index in [0.717, 1.165) is 6.07 Å². The predicted molar refractivity (Wildman–Crippen MR) is 78.6 cm³/mol. The van der Waals surface area contributed by atoms with Gasteiger partial charge in [0.2, 0.25) is 5.89 Å². The maximum atomic E-state index is 13.9. The van der Waals surface area contributed by atoms with Crippen LogP contribution in [0.2, 0.25) is 5.02 Å². The minimum absolute atomic E-state index is 0.0238. The highest BCUT2D eigenvalue weighted by atomic mass is 35.5. The van der Waals surface area contributed by atoms with Crippen LogP contribution in [-0.2, 0) is 6.18 Å². The molecule has 1 saturated heterocycles. The van der Waals surface area contributed by atoms with Crippen molar-refractivity contribution in [2.75, 3.05) is 13.1 Å². The third-order valence-corrected chi connectivity index (χ3v) is 4.23. The summed E-state index contributed by atoms with van der Waals surface area (Å²) in [7, 11) is 0. The molecule has 25 heavy (non-hydrogen) atoms. The number of rotatable bonds is 2. The van der Waals surface area contributed by atoms with Gasteiger partial charge < -0.3 is 9.32 Å². The molecule has 1 aromatic heterocycles. The van der Waals surface area contributed by atoms with Crippen molar-refractivity contribution in [3.8, 4) is 0 Å². The van der Waals surface area contributed by atoms with E-state index in [1.54, 1.807) is 0 Å². The summed E-state index contributed by atoms with van der Waals surface area (Å²) in [5.41, 5.74) is -0.258. The number of nitrogens with zero attached hydrogens (tertiary/aromatic N) is 3. The number of benzene rings is 1. The van der Waals surface area contributed by atoms with Crippen LogP contribution in [0.4, 0.5) is 17.6 Å². The lowest BCUT2D eigenvalue weighted by Gasteiger charge is -2.31. The van der Waals surface area contributed by atoms with Gasteiger partial charge in [0.25, 0.3) is 5.91 Å². The summed E-state index contributed by atoms with van der Waals surface area (Å²) in [6.07, 6.45) is -3.74. The van der Waals surface area contributed by atoms with Gasteiger partial charge in [-0.1, -0.05) is 17.7 Å². The van der Waals surface area contributed by atoms with E-state index in [0.29, 0.717) is 19.4 Å². The molecule has 5 nitrogen and oxygen atoms in total. The molecule has 2 aromatic rings. The van der Waals surface area contributed by atoms with Crippen LogP contribution < -0.4 is 0 Å². The number of halogens is 5. The summed E-state index contributed by atoms with van der Waals surface area (Å²) in [5, 5.41) is 6.40. The van der Waals surface area contributed by atoms with Crippen molar-refractivity contribution in [1.82, 2.24) is 15.1 Å². The summed E-state index contributed by atoms with van der Waals surface area (Å²) in [6.45, 7) is 0.378. The molecule has 1 atom stereocenters. The zero-order chi connectivity index (χ0) is 18.2. The van der Waals surface area contributed by atoms with Crippen LogP contribution in [0.1, 0.15) is 40.9 Å². The predicted octanol–water partition coefficient (Wildman–Crippen LogP) is 3.90. The van der Waals surface area contributed by atoms with Gasteiger partial charge in [-0.25, -0.2) is 4.39 Å². The number of amides is 1. The van der Waals surface area contributed by atoms with Crippen molar-refractivity contribution >= 4 is 17.5 Å². The van der Waals surface area contributed by atoms with Crippen LogP contribution in [0, 0.1) is 5.82 Å². The summed E-state index contributed by atoms with van der Waals surface area (Å²) in [4.78, 5) is 13.9. The van der Waals surface area contributed by atoms with Gasteiger partial charge in [0, 0.05) is 13.1 Å². The average Bonchev–Trinajstić information content (AvgIpc) is 3.05. The van der Waals surface area contributed by atoms with Gasteiger partial charge in [0.1, 0.15) is 5.82 Å². The molecule has 134 valence electrons. The molecule has 1 aliphatic rings. The number of hydrogen-bond acceptors (Lipinski definition) is 4. The van der Waals surface area contributed by atoms with E-state index in [4.69, 9.17) is 11.6 Å².